The molecule has 8 heterocycles. The number of nitrogens with zero attached hydrogens (tertiary/aromatic N) is 10. The van der Waals surface area contributed by atoms with Gasteiger partial charge >= 0.3 is 30.0 Å². The Morgan fingerprint density at radius 1 is 0.618 bits per heavy atom. The molecule has 0 radical (unpaired) electrons. The molecule has 0 aliphatic carbocycles. The van der Waals surface area contributed by atoms with Crippen LogP contribution in [0.3, 0.4) is 0 Å². The highest BCUT2D eigenvalue weighted by Gasteiger charge is 2.44. The Morgan fingerprint density at radius 2 is 1.06 bits per heavy atom. The van der Waals surface area contributed by atoms with E-state index in [1.807, 2.05) is 74.0 Å². The van der Waals surface area contributed by atoms with Crippen molar-refractivity contribution in [1.29, 1.82) is 0 Å². The van der Waals surface area contributed by atoms with Crippen LogP contribution in [-0.4, -0.2) is 182 Å². The highest BCUT2D eigenvalue weighted by molar-refractivity contribution is 7.12. The van der Waals surface area contributed by atoms with Gasteiger partial charge in [0.05, 0.1) is 50.7 Å². The van der Waals surface area contributed by atoms with Gasteiger partial charge < -0.3 is 44.5 Å². The van der Waals surface area contributed by atoms with E-state index in [0.717, 1.165) is 22.5 Å². The summed E-state index contributed by atoms with van der Waals surface area (Å²) in [5.74, 6) is -2.23. The minimum atomic E-state index is -1.03. The van der Waals surface area contributed by atoms with Crippen LogP contribution in [-0.2, 0) is 46.5 Å². The molecule has 0 spiro atoms. The van der Waals surface area contributed by atoms with E-state index in [4.69, 9.17) is 57.2 Å². The lowest BCUT2D eigenvalue weighted by molar-refractivity contribution is -0.142. The molecule has 6 aliphatic heterocycles. The maximum Gasteiger partial charge on any atom is 0.338 e. The molecule has 2 aromatic heterocycles. The van der Waals surface area contributed by atoms with Gasteiger partial charge in [0.1, 0.15) is 30.3 Å². The average Bonchev–Trinajstić information content (AvgIpc) is 1.91. The normalized spacial score (nSPS) is 20.3. The molecule has 0 bridgehead atoms. The van der Waals surface area contributed by atoms with Crippen molar-refractivity contribution >= 4 is 98.9 Å². The third-order valence-electron chi connectivity index (χ3n) is 15.8. The summed E-state index contributed by atoms with van der Waals surface area (Å²) in [6, 6.07) is 21.2. The van der Waals surface area contributed by atoms with Crippen molar-refractivity contribution in [2.45, 2.75) is 37.4 Å². The number of esters is 2. The molecule has 89 heavy (non-hydrogen) atoms. The molecule has 4 amide bonds. The van der Waals surface area contributed by atoms with E-state index in [0.29, 0.717) is 122 Å². The summed E-state index contributed by atoms with van der Waals surface area (Å²) in [5, 5.41) is 20.6. The van der Waals surface area contributed by atoms with Crippen LogP contribution in [0.5, 0.6) is 0 Å². The zero-order valence-corrected chi connectivity index (χ0v) is 51.5. The second kappa shape index (κ2) is 27.7. The predicted octanol–water partition coefficient (Wildman–Crippen LogP) is 7.91. The lowest BCUT2D eigenvalue weighted by Crippen LogP contribution is -2.53. The summed E-state index contributed by atoms with van der Waals surface area (Å²) in [6.45, 7) is 5.36. The van der Waals surface area contributed by atoms with Crippen molar-refractivity contribution in [3.05, 3.63) is 185 Å². The summed E-state index contributed by atoms with van der Waals surface area (Å²) in [5.41, 5.74) is 6.07. The molecule has 6 aliphatic rings. The van der Waals surface area contributed by atoms with Crippen LogP contribution in [0, 0.1) is 11.6 Å². The van der Waals surface area contributed by atoms with Gasteiger partial charge in [-0.15, -0.1) is 22.7 Å². The van der Waals surface area contributed by atoms with E-state index in [1.165, 1.54) is 73.3 Å². The zero-order chi connectivity index (χ0) is 62.5. The fraction of sp³-hybridized carbons (Fsp3) is 0.328. The summed E-state index contributed by atoms with van der Waals surface area (Å²) in [4.78, 5) is 94.0. The number of carbonyl (C=O) groups is 5. The first-order valence-electron chi connectivity index (χ1n) is 28.2. The highest BCUT2D eigenvalue weighted by atomic mass is 35.5. The molecule has 0 unspecified atom stereocenters. The molecule has 4 saturated heterocycles. The number of methoxy groups -OCH3 is 3. The van der Waals surface area contributed by atoms with E-state index in [2.05, 4.69) is 30.4 Å². The van der Waals surface area contributed by atoms with Crippen LogP contribution >= 0.6 is 45.9 Å². The zero-order valence-electron chi connectivity index (χ0n) is 48.3. The number of urea groups is 2. The summed E-state index contributed by atoms with van der Waals surface area (Å²) in [7, 11) is 4.26. The van der Waals surface area contributed by atoms with Crippen molar-refractivity contribution in [1.82, 2.24) is 40.2 Å². The van der Waals surface area contributed by atoms with Crippen molar-refractivity contribution in [2.75, 3.05) is 103 Å². The van der Waals surface area contributed by atoms with Gasteiger partial charge in [-0.3, -0.25) is 29.6 Å². The molecule has 4 atom stereocenters. The molecule has 0 saturated carbocycles. The van der Waals surface area contributed by atoms with E-state index >= 15 is 0 Å². The van der Waals surface area contributed by atoms with Crippen molar-refractivity contribution in [3.8, 4) is 0 Å². The van der Waals surface area contributed by atoms with Crippen LogP contribution in [0.1, 0.15) is 44.4 Å². The van der Waals surface area contributed by atoms with Crippen molar-refractivity contribution in [2.24, 2.45) is 9.98 Å². The third-order valence-corrected chi connectivity index (χ3v) is 18.0. The highest BCUT2D eigenvalue weighted by Crippen LogP contribution is 2.40. The van der Waals surface area contributed by atoms with Gasteiger partial charge in [0, 0.05) is 140 Å². The number of amidine groups is 2. The molecule has 12 rings (SSSR count). The molecule has 464 valence electrons. The van der Waals surface area contributed by atoms with Crippen molar-refractivity contribution in [3.63, 3.8) is 0 Å². The largest absolute Gasteiger partial charge is 0.480 e. The number of hydrogen-bond donors (Lipinski definition) is 3. The van der Waals surface area contributed by atoms with E-state index in [-0.39, 0.29) is 53.0 Å². The predicted molar refractivity (Wildman–Crippen MR) is 330 cm³/mol. The van der Waals surface area contributed by atoms with E-state index < -0.39 is 41.6 Å². The number of halogens is 4. The second-order valence-electron chi connectivity index (χ2n) is 21.4. The number of nitrogens with one attached hydrogen (secondary N) is 2. The Morgan fingerprint density at radius 3 is 1.44 bits per heavy atom. The van der Waals surface area contributed by atoms with E-state index in [1.54, 1.807) is 24.4 Å². The maximum atomic E-state index is 14.0. The molecule has 22 nitrogen and oxygen atoms in total. The minimum Gasteiger partial charge on any atom is -0.480 e. The number of benzene rings is 4. The number of fused-ring (bicyclic) bond motifs is 2. The van der Waals surface area contributed by atoms with Gasteiger partial charge in [-0.25, -0.2) is 42.7 Å². The Bertz CT molecular complexity index is 3770. The lowest BCUT2D eigenvalue weighted by atomic mass is 9.95. The number of thiazole rings is 2. The number of aliphatic carboxylic acids is 1. The van der Waals surface area contributed by atoms with Gasteiger partial charge in [-0.2, -0.15) is 0 Å². The first-order chi connectivity index (χ1) is 43.1. The molecular weight excluding hydrogens is 1230 g/mol. The maximum absolute atomic E-state index is 14.0. The van der Waals surface area contributed by atoms with Crippen LogP contribution < -0.4 is 20.4 Å². The summed E-state index contributed by atoms with van der Waals surface area (Å²) < 4.78 is 48.7. The first-order valence-corrected chi connectivity index (χ1v) is 30.7. The summed E-state index contributed by atoms with van der Waals surface area (Å²) >= 11 is 15.7. The number of carboxylic acid groups (broad SMARTS) is 1. The van der Waals surface area contributed by atoms with Crippen molar-refractivity contribution < 1.29 is 56.8 Å². The van der Waals surface area contributed by atoms with Crippen LogP contribution in [0.25, 0.3) is 0 Å². The van der Waals surface area contributed by atoms with Crippen LogP contribution in [0.15, 0.2) is 141 Å². The molecular formula is C61H60Cl2F2N12O10S2. The van der Waals surface area contributed by atoms with Gasteiger partial charge in [-0.1, -0.05) is 59.6 Å². The SMILES string of the molecule is COC(=O)C1=C(CN2CCN3C(=O)N(c4ccc(COCC(=O)O)cc4)C[C@@H]3C2)NC(c2nccs2)=N[C@H]1c1ccc(F)cc1Cl.COCc1ccc(N2C[C@@H]3CN(CC4=C(C(=O)OC)[C@H](c5ccc(F)cc5Cl)N=C(c5nccs5)N4)CCN3C2=O)cc1. The third kappa shape index (κ3) is 13.8. The quantitative estimate of drug-likeness (QED) is 0.0693. The Labute approximate surface area is 528 Å². The number of carbonyl (C=O) groups excluding carboxylic acids is 4. The summed E-state index contributed by atoms with van der Waals surface area (Å²) in [6.07, 6.45) is 3.34. The standard InChI is InChI=1S/C31H30ClFN6O6S.C30H30ClFN6O4S/c1-44-30(42)26-24(35-28(29-34-8-11-46-29)36-27(26)22-7-4-19(33)12-23(22)32)15-37-9-10-38-21(13-37)14-39(31(38)43)20-5-2-18(3-6-20)16-45-17-25(40)41;1-41-17-18-3-6-20(7-4-18)38-15-21-14-36(10-11-37(21)30(38)40)16-24-25(29(39)42-2)26(22-8-5-19(32)13-23(22)31)35-27(34-24)28-33-9-12-43-28/h2-8,11-12,21,27H,9-10,13-17H2,1H3,(H,35,36)(H,40,41);3-9,12-13,21,26H,10-11,14-17H2,1-2H3,(H,34,35)/t21-,27-;21-,26-/m00/s1. The molecule has 28 heteroatoms. The number of carboxylic acids is 1. The van der Waals surface area contributed by atoms with Crippen LogP contribution in [0.2, 0.25) is 10.0 Å². The first kappa shape index (κ1) is 62.4. The fourth-order valence-corrected chi connectivity index (χ4v) is 13.3. The van der Waals surface area contributed by atoms with Gasteiger partial charge in [0.15, 0.2) is 21.7 Å². The number of amides is 4. The van der Waals surface area contributed by atoms with E-state index in [9.17, 15) is 32.8 Å². The minimum absolute atomic E-state index is 0.0152. The number of hydrogen-bond acceptors (Lipinski definition) is 19. The number of aliphatic imine (C=N–C) groups is 2. The number of rotatable bonds is 18. The Hall–Kier alpha value is -8.21. The Kier molecular flexibility index (Phi) is 19.4. The van der Waals surface area contributed by atoms with Gasteiger partial charge in [-0.05, 0) is 59.7 Å². The number of aromatic nitrogens is 2. The van der Waals surface area contributed by atoms with Gasteiger partial charge in [0.25, 0.3) is 0 Å². The molecule has 3 N–H and O–H groups in total. The van der Waals surface area contributed by atoms with Gasteiger partial charge in [0.2, 0.25) is 0 Å². The molecule has 4 fully saturated rings. The number of anilines is 2. The average molecular weight is 1290 g/mol. The smallest absolute Gasteiger partial charge is 0.338 e. The number of ether oxygens (including phenoxy) is 4. The number of piperazine rings is 2. The molecule has 6 aromatic rings. The topological polar surface area (TPSA) is 237 Å². The fourth-order valence-electron chi connectivity index (χ4n) is 11.6. The van der Waals surface area contributed by atoms with Crippen LogP contribution in [0.4, 0.5) is 29.7 Å². The lowest BCUT2D eigenvalue weighted by Gasteiger charge is -2.38. The Balaban J connectivity index is 0.000000184. The monoisotopic (exact) mass is 1290 g/mol. The molecule has 4 aromatic carbocycles. The second-order valence-corrected chi connectivity index (χ2v) is 24.0.